The van der Waals surface area contributed by atoms with Gasteiger partial charge in [-0.2, -0.15) is 0 Å². The molecule has 1 aromatic carbocycles. The van der Waals surface area contributed by atoms with Crippen LogP contribution in [0, 0.1) is 0 Å². The van der Waals surface area contributed by atoms with E-state index in [1.54, 1.807) is 18.0 Å². The molecule has 4 heteroatoms. The zero-order valence-corrected chi connectivity index (χ0v) is 11.0. The van der Waals surface area contributed by atoms with Crippen LogP contribution in [-0.4, -0.2) is 0 Å². The standard InChI is InChI=1S/C10H6Br2OS/c11-8-6-13-10(9(8)12)14-7-4-2-1-3-5-7/h1-6H. The summed E-state index contributed by atoms with van der Waals surface area (Å²) in [5.74, 6) is 0. The van der Waals surface area contributed by atoms with Gasteiger partial charge in [0.2, 0.25) is 0 Å². The zero-order valence-electron chi connectivity index (χ0n) is 7.04. The molecule has 0 saturated heterocycles. The predicted molar refractivity (Wildman–Crippen MR) is 64.7 cm³/mol. The van der Waals surface area contributed by atoms with Crippen LogP contribution in [0.15, 0.2) is 59.9 Å². The number of hydrogen-bond donors (Lipinski definition) is 0. The van der Waals surface area contributed by atoms with Crippen LogP contribution in [0.1, 0.15) is 0 Å². The first-order chi connectivity index (χ1) is 6.77. The molecule has 0 unspecified atom stereocenters. The molecule has 72 valence electrons. The molecule has 0 aliphatic rings. The molecule has 0 aliphatic carbocycles. The molecule has 0 saturated carbocycles. The Labute approximate surface area is 103 Å². The molecule has 0 spiro atoms. The largest absolute Gasteiger partial charge is 0.455 e. The Morgan fingerprint density at radius 3 is 2.36 bits per heavy atom. The van der Waals surface area contributed by atoms with E-state index in [0.29, 0.717) is 0 Å². The van der Waals surface area contributed by atoms with Crippen molar-refractivity contribution in [1.29, 1.82) is 0 Å². The molecule has 0 fully saturated rings. The number of furan rings is 1. The van der Waals surface area contributed by atoms with Crippen molar-refractivity contribution >= 4 is 43.6 Å². The second-order valence-electron chi connectivity index (χ2n) is 2.60. The van der Waals surface area contributed by atoms with Gasteiger partial charge in [0.05, 0.1) is 8.95 Å². The molecule has 1 nitrogen and oxygen atoms in total. The second kappa shape index (κ2) is 4.55. The second-order valence-corrected chi connectivity index (χ2v) is 5.29. The summed E-state index contributed by atoms with van der Waals surface area (Å²) in [5, 5.41) is 0.864. The van der Waals surface area contributed by atoms with Gasteiger partial charge in [-0.3, -0.25) is 0 Å². The van der Waals surface area contributed by atoms with Gasteiger partial charge in [-0.25, -0.2) is 0 Å². The Bertz CT molecular complexity index is 425. The van der Waals surface area contributed by atoms with Crippen molar-refractivity contribution in [2.24, 2.45) is 0 Å². The third-order valence-corrected chi connectivity index (χ3v) is 4.77. The summed E-state index contributed by atoms with van der Waals surface area (Å²) in [6.45, 7) is 0. The fraction of sp³-hybridized carbons (Fsp3) is 0. The highest BCUT2D eigenvalue weighted by Crippen LogP contribution is 2.38. The summed E-state index contributed by atoms with van der Waals surface area (Å²) in [6.07, 6.45) is 1.68. The van der Waals surface area contributed by atoms with Gasteiger partial charge in [0.25, 0.3) is 0 Å². The van der Waals surface area contributed by atoms with Crippen molar-refractivity contribution in [3.63, 3.8) is 0 Å². The first-order valence-electron chi connectivity index (χ1n) is 3.93. The lowest BCUT2D eigenvalue weighted by atomic mass is 10.4. The molecular formula is C10H6Br2OS. The molecule has 0 radical (unpaired) electrons. The molecular weight excluding hydrogens is 328 g/mol. The van der Waals surface area contributed by atoms with Gasteiger partial charge >= 0.3 is 0 Å². The smallest absolute Gasteiger partial charge is 0.180 e. The van der Waals surface area contributed by atoms with Gasteiger partial charge in [-0.05, 0) is 44.0 Å². The van der Waals surface area contributed by atoms with Gasteiger partial charge in [-0.1, -0.05) is 30.0 Å². The van der Waals surface area contributed by atoms with E-state index in [0.717, 1.165) is 18.9 Å². The van der Waals surface area contributed by atoms with Crippen molar-refractivity contribution in [2.45, 2.75) is 9.99 Å². The maximum Gasteiger partial charge on any atom is 0.180 e. The summed E-state index contributed by atoms with van der Waals surface area (Å²) in [5.41, 5.74) is 0. The summed E-state index contributed by atoms with van der Waals surface area (Å²) in [7, 11) is 0. The van der Waals surface area contributed by atoms with E-state index in [1.165, 1.54) is 0 Å². The van der Waals surface area contributed by atoms with Crippen LogP contribution < -0.4 is 0 Å². The highest BCUT2D eigenvalue weighted by molar-refractivity contribution is 9.13. The summed E-state index contributed by atoms with van der Waals surface area (Å²) < 4.78 is 7.27. The summed E-state index contributed by atoms with van der Waals surface area (Å²) in [4.78, 5) is 1.16. The van der Waals surface area contributed by atoms with Crippen molar-refractivity contribution in [3.05, 3.63) is 45.5 Å². The van der Waals surface area contributed by atoms with E-state index in [1.807, 2.05) is 30.3 Å². The Morgan fingerprint density at radius 1 is 1.07 bits per heavy atom. The first kappa shape index (κ1) is 10.3. The normalized spacial score (nSPS) is 10.4. The number of halogens is 2. The van der Waals surface area contributed by atoms with Crippen molar-refractivity contribution in [1.82, 2.24) is 0 Å². The maximum absolute atomic E-state index is 5.37. The van der Waals surface area contributed by atoms with Crippen LogP contribution in [0.5, 0.6) is 0 Å². The molecule has 0 atom stereocenters. The highest BCUT2D eigenvalue weighted by atomic mass is 79.9. The van der Waals surface area contributed by atoms with Gasteiger partial charge in [0, 0.05) is 4.90 Å². The summed E-state index contributed by atoms with van der Waals surface area (Å²) >= 11 is 8.41. The minimum absolute atomic E-state index is 0.864. The number of rotatable bonds is 2. The molecule has 0 aliphatic heterocycles. The van der Waals surface area contributed by atoms with Gasteiger partial charge in [0.1, 0.15) is 6.26 Å². The average molecular weight is 334 g/mol. The lowest BCUT2D eigenvalue weighted by molar-refractivity contribution is 0.471. The molecule has 2 aromatic rings. The third-order valence-electron chi connectivity index (χ3n) is 1.61. The van der Waals surface area contributed by atoms with Crippen LogP contribution >= 0.6 is 43.6 Å². The van der Waals surface area contributed by atoms with E-state index in [-0.39, 0.29) is 0 Å². The monoisotopic (exact) mass is 332 g/mol. The lowest BCUT2D eigenvalue weighted by Crippen LogP contribution is -1.69. The van der Waals surface area contributed by atoms with Crippen LogP contribution in [0.25, 0.3) is 0 Å². The minimum atomic E-state index is 0.864. The molecule has 0 N–H and O–H groups in total. The molecule has 1 aromatic heterocycles. The zero-order chi connectivity index (χ0) is 9.97. The van der Waals surface area contributed by atoms with Gasteiger partial charge < -0.3 is 4.42 Å². The van der Waals surface area contributed by atoms with E-state index in [9.17, 15) is 0 Å². The highest BCUT2D eigenvalue weighted by Gasteiger charge is 2.09. The molecule has 1 heterocycles. The van der Waals surface area contributed by atoms with Crippen molar-refractivity contribution in [2.75, 3.05) is 0 Å². The molecule has 14 heavy (non-hydrogen) atoms. The SMILES string of the molecule is Brc1coc(Sc2ccccc2)c1Br. The van der Waals surface area contributed by atoms with E-state index in [4.69, 9.17) is 4.42 Å². The lowest BCUT2D eigenvalue weighted by Gasteiger charge is -1.97. The van der Waals surface area contributed by atoms with Crippen LogP contribution in [0.4, 0.5) is 0 Å². The Kier molecular flexibility index (Phi) is 3.36. The molecule has 0 bridgehead atoms. The predicted octanol–water partition coefficient (Wildman–Crippen LogP) is 4.96. The van der Waals surface area contributed by atoms with E-state index < -0.39 is 0 Å². The molecule has 2 rings (SSSR count). The number of benzene rings is 1. The van der Waals surface area contributed by atoms with Crippen molar-refractivity contribution < 1.29 is 4.42 Å². The van der Waals surface area contributed by atoms with Crippen molar-refractivity contribution in [3.8, 4) is 0 Å². The first-order valence-corrected chi connectivity index (χ1v) is 6.33. The maximum atomic E-state index is 5.37. The Morgan fingerprint density at radius 2 is 1.79 bits per heavy atom. The van der Waals surface area contributed by atoms with Crippen LogP contribution in [0.3, 0.4) is 0 Å². The quantitative estimate of drug-likeness (QED) is 0.770. The summed E-state index contributed by atoms with van der Waals surface area (Å²) in [6, 6.07) is 10.1. The van der Waals surface area contributed by atoms with Gasteiger partial charge in [-0.15, -0.1) is 0 Å². The molecule has 0 amide bonds. The minimum Gasteiger partial charge on any atom is -0.455 e. The van der Waals surface area contributed by atoms with E-state index in [2.05, 4.69) is 31.9 Å². The fourth-order valence-electron chi connectivity index (χ4n) is 0.971. The van der Waals surface area contributed by atoms with Crippen LogP contribution in [-0.2, 0) is 0 Å². The number of hydrogen-bond acceptors (Lipinski definition) is 2. The fourth-order valence-corrected chi connectivity index (χ4v) is 2.61. The Hall–Kier alpha value is -0.190. The third kappa shape index (κ3) is 2.24. The Balaban J connectivity index is 2.23. The average Bonchev–Trinajstić information content (AvgIpc) is 2.52. The van der Waals surface area contributed by atoms with Crippen LogP contribution in [0.2, 0.25) is 0 Å². The topological polar surface area (TPSA) is 13.1 Å². The van der Waals surface area contributed by atoms with Gasteiger partial charge in [0.15, 0.2) is 5.09 Å². The van der Waals surface area contributed by atoms with E-state index >= 15 is 0 Å².